The van der Waals surface area contributed by atoms with Crippen LogP contribution in [0.25, 0.3) is 0 Å². The molecular weight excluding hydrogens is 196 g/mol. The molecule has 0 saturated carbocycles. The third-order valence-corrected chi connectivity index (χ3v) is 2.23. The molecular formula is C12H17F2N. The van der Waals surface area contributed by atoms with Gasteiger partial charge in [0.05, 0.1) is 0 Å². The van der Waals surface area contributed by atoms with Gasteiger partial charge < -0.3 is 5.32 Å². The predicted octanol–water partition coefficient (Wildman–Crippen LogP) is 3.02. The van der Waals surface area contributed by atoms with Crippen molar-refractivity contribution in [2.75, 3.05) is 6.54 Å². The van der Waals surface area contributed by atoms with E-state index >= 15 is 0 Å². The summed E-state index contributed by atoms with van der Waals surface area (Å²) in [5.74, 6) is -0.443. The molecule has 0 fully saturated rings. The molecule has 3 heteroatoms. The number of hydrogen-bond donors (Lipinski definition) is 1. The summed E-state index contributed by atoms with van der Waals surface area (Å²) >= 11 is 0. The van der Waals surface area contributed by atoms with E-state index in [9.17, 15) is 8.78 Å². The minimum absolute atomic E-state index is 0.135. The van der Waals surface area contributed by atoms with Gasteiger partial charge in [0.1, 0.15) is 11.6 Å². The van der Waals surface area contributed by atoms with E-state index in [2.05, 4.69) is 19.2 Å². The molecule has 0 heterocycles. The fourth-order valence-corrected chi connectivity index (χ4v) is 1.36. The fraction of sp³-hybridized carbons (Fsp3) is 0.500. The van der Waals surface area contributed by atoms with Crippen LogP contribution in [-0.4, -0.2) is 6.54 Å². The summed E-state index contributed by atoms with van der Waals surface area (Å²) in [4.78, 5) is 0. The number of aryl methyl sites for hydroxylation is 1. The van der Waals surface area contributed by atoms with E-state index < -0.39 is 11.6 Å². The van der Waals surface area contributed by atoms with Crippen molar-refractivity contribution in [1.29, 1.82) is 0 Å². The molecule has 1 aromatic rings. The monoisotopic (exact) mass is 213 g/mol. The Kier molecular flexibility index (Phi) is 4.21. The van der Waals surface area contributed by atoms with Crippen LogP contribution in [0.1, 0.15) is 25.0 Å². The van der Waals surface area contributed by atoms with Gasteiger partial charge in [0.2, 0.25) is 0 Å². The van der Waals surface area contributed by atoms with Crippen LogP contribution in [0.3, 0.4) is 0 Å². The lowest BCUT2D eigenvalue weighted by atomic mass is 10.1. The zero-order chi connectivity index (χ0) is 11.4. The summed E-state index contributed by atoms with van der Waals surface area (Å²) in [6, 6.07) is 2.77. The highest BCUT2D eigenvalue weighted by Crippen LogP contribution is 2.15. The Labute approximate surface area is 89.5 Å². The summed E-state index contributed by atoms with van der Waals surface area (Å²) in [6.45, 7) is 6.75. The van der Waals surface area contributed by atoms with Crippen LogP contribution in [0.5, 0.6) is 0 Å². The lowest BCUT2D eigenvalue weighted by molar-refractivity contribution is 0.505. The maximum absolute atomic E-state index is 13.5. The van der Waals surface area contributed by atoms with E-state index in [1.807, 2.05) is 0 Å². The van der Waals surface area contributed by atoms with E-state index in [0.29, 0.717) is 11.5 Å². The van der Waals surface area contributed by atoms with Gasteiger partial charge in [-0.3, -0.25) is 0 Å². The molecule has 0 unspecified atom stereocenters. The van der Waals surface area contributed by atoms with Crippen molar-refractivity contribution in [3.8, 4) is 0 Å². The highest BCUT2D eigenvalue weighted by Gasteiger charge is 2.10. The quantitative estimate of drug-likeness (QED) is 0.810. The number of halogens is 2. The van der Waals surface area contributed by atoms with Crippen molar-refractivity contribution in [1.82, 2.24) is 5.32 Å². The third kappa shape index (κ3) is 3.27. The molecule has 0 aromatic heterocycles. The van der Waals surface area contributed by atoms with Gasteiger partial charge in [0.25, 0.3) is 0 Å². The van der Waals surface area contributed by atoms with Crippen LogP contribution >= 0.6 is 0 Å². The van der Waals surface area contributed by atoms with Gasteiger partial charge in [-0.2, -0.15) is 0 Å². The maximum Gasteiger partial charge on any atom is 0.133 e. The highest BCUT2D eigenvalue weighted by molar-refractivity contribution is 5.26. The third-order valence-electron chi connectivity index (χ3n) is 2.23. The highest BCUT2D eigenvalue weighted by atomic mass is 19.1. The van der Waals surface area contributed by atoms with E-state index in [0.717, 1.165) is 6.54 Å². The van der Waals surface area contributed by atoms with Gasteiger partial charge in [0.15, 0.2) is 0 Å². The normalized spacial score (nSPS) is 11.1. The van der Waals surface area contributed by atoms with Gasteiger partial charge in [0, 0.05) is 12.1 Å². The van der Waals surface area contributed by atoms with Crippen molar-refractivity contribution in [2.24, 2.45) is 5.92 Å². The van der Waals surface area contributed by atoms with Crippen LogP contribution in [0.2, 0.25) is 0 Å². The Morgan fingerprint density at radius 2 is 1.93 bits per heavy atom. The first-order valence-corrected chi connectivity index (χ1v) is 5.16. The molecule has 1 N–H and O–H groups in total. The SMILES string of the molecule is Cc1ccc(F)c(CNCC(C)C)c1F. The lowest BCUT2D eigenvalue weighted by Crippen LogP contribution is -2.20. The number of nitrogens with one attached hydrogen (secondary N) is 1. The molecule has 1 nitrogen and oxygen atoms in total. The van der Waals surface area contributed by atoms with E-state index in [-0.39, 0.29) is 12.1 Å². The van der Waals surface area contributed by atoms with E-state index in [1.165, 1.54) is 12.1 Å². The van der Waals surface area contributed by atoms with Crippen molar-refractivity contribution in [3.63, 3.8) is 0 Å². The van der Waals surface area contributed by atoms with Crippen molar-refractivity contribution < 1.29 is 8.78 Å². The number of benzene rings is 1. The minimum Gasteiger partial charge on any atom is -0.312 e. The molecule has 0 saturated heterocycles. The van der Waals surface area contributed by atoms with Crippen LogP contribution in [0.4, 0.5) is 8.78 Å². The minimum atomic E-state index is -0.477. The van der Waals surface area contributed by atoms with E-state index in [1.54, 1.807) is 6.92 Å². The molecule has 0 aliphatic carbocycles. The van der Waals surface area contributed by atoms with Crippen LogP contribution in [0.15, 0.2) is 12.1 Å². The molecule has 0 radical (unpaired) electrons. The standard InChI is InChI=1S/C12H17F2N/c1-8(2)6-15-7-10-11(13)5-4-9(3)12(10)14/h4-5,8,15H,6-7H2,1-3H3. The first kappa shape index (κ1) is 12.1. The summed E-state index contributed by atoms with van der Waals surface area (Å²) in [5.41, 5.74) is 0.619. The lowest BCUT2D eigenvalue weighted by Gasteiger charge is -2.10. The van der Waals surface area contributed by atoms with Gasteiger partial charge in [-0.05, 0) is 31.0 Å². The number of rotatable bonds is 4. The Bertz CT molecular complexity index is 335. The molecule has 0 aliphatic rings. The van der Waals surface area contributed by atoms with Crippen LogP contribution < -0.4 is 5.32 Å². The second-order valence-corrected chi connectivity index (χ2v) is 4.18. The molecule has 0 aliphatic heterocycles. The second-order valence-electron chi connectivity index (χ2n) is 4.18. The topological polar surface area (TPSA) is 12.0 Å². The summed E-state index contributed by atoms with van der Waals surface area (Å²) in [5, 5.41) is 3.03. The van der Waals surface area contributed by atoms with Crippen molar-refractivity contribution in [2.45, 2.75) is 27.3 Å². The molecule has 0 atom stereocenters. The predicted molar refractivity (Wildman–Crippen MR) is 57.6 cm³/mol. The fourth-order valence-electron chi connectivity index (χ4n) is 1.36. The second kappa shape index (κ2) is 5.21. The van der Waals surface area contributed by atoms with Crippen molar-refractivity contribution in [3.05, 3.63) is 34.9 Å². The Balaban J connectivity index is 2.71. The van der Waals surface area contributed by atoms with Gasteiger partial charge in [-0.25, -0.2) is 8.78 Å². The van der Waals surface area contributed by atoms with E-state index in [4.69, 9.17) is 0 Å². The zero-order valence-electron chi connectivity index (χ0n) is 9.40. The van der Waals surface area contributed by atoms with Gasteiger partial charge in [-0.1, -0.05) is 19.9 Å². The van der Waals surface area contributed by atoms with Gasteiger partial charge in [-0.15, -0.1) is 0 Å². The molecule has 1 rings (SSSR count). The van der Waals surface area contributed by atoms with Gasteiger partial charge >= 0.3 is 0 Å². The smallest absolute Gasteiger partial charge is 0.133 e. The van der Waals surface area contributed by atoms with Crippen LogP contribution in [0, 0.1) is 24.5 Å². The summed E-state index contributed by atoms with van der Waals surface area (Å²) < 4.78 is 26.8. The molecule has 1 aromatic carbocycles. The summed E-state index contributed by atoms with van der Waals surface area (Å²) in [6.07, 6.45) is 0. The summed E-state index contributed by atoms with van der Waals surface area (Å²) in [7, 11) is 0. The Hall–Kier alpha value is -0.960. The maximum atomic E-state index is 13.5. The Morgan fingerprint density at radius 3 is 2.53 bits per heavy atom. The Morgan fingerprint density at radius 1 is 1.27 bits per heavy atom. The molecule has 15 heavy (non-hydrogen) atoms. The molecule has 0 spiro atoms. The largest absolute Gasteiger partial charge is 0.312 e. The number of hydrogen-bond acceptors (Lipinski definition) is 1. The van der Waals surface area contributed by atoms with Crippen molar-refractivity contribution >= 4 is 0 Å². The molecule has 0 bridgehead atoms. The first-order valence-electron chi connectivity index (χ1n) is 5.16. The first-order chi connectivity index (χ1) is 7.02. The molecule has 84 valence electrons. The van der Waals surface area contributed by atoms with Crippen LogP contribution in [-0.2, 0) is 6.54 Å². The zero-order valence-corrected chi connectivity index (χ0v) is 9.40. The molecule has 0 amide bonds. The average molecular weight is 213 g/mol. The average Bonchev–Trinajstić information content (AvgIpc) is 2.17.